The summed E-state index contributed by atoms with van der Waals surface area (Å²) in [7, 11) is 2.75. The second-order valence-electron chi connectivity index (χ2n) is 3.59. The molecule has 0 aliphatic carbocycles. The maximum absolute atomic E-state index is 11.7. The van der Waals surface area contributed by atoms with E-state index in [0.29, 0.717) is 0 Å². The van der Waals surface area contributed by atoms with Crippen LogP contribution in [0.2, 0.25) is 0 Å². The number of methoxy groups -OCH3 is 1. The van der Waals surface area contributed by atoms with E-state index in [9.17, 15) is 14.4 Å². The van der Waals surface area contributed by atoms with Gasteiger partial charge in [-0.25, -0.2) is 4.79 Å². The Hall–Kier alpha value is -2.41. The third-order valence-electron chi connectivity index (χ3n) is 2.31. The maximum Gasteiger partial charge on any atom is 0.337 e. The van der Waals surface area contributed by atoms with Crippen molar-refractivity contribution in [3.63, 3.8) is 0 Å². The molecule has 102 valence electrons. The molecule has 0 aliphatic rings. The SMILES string of the molecule is CNC(=O)c1cccc(C(=O)O)c1NC(=O)COC. The quantitative estimate of drug-likeness (QED) is 0.712. The molecule has 1 aromatic rings. The van der Waals surface area contributed by atoms with E-state index < -0.39 is 17.8 Å². The lowest BCUT2D eigenvalue weighted by molar-refractivity contribution is -0.119. The molecule has 0 bridgehead atoms. The van der Waals surface area contributed by atoms with Crippen LogP contribution in [-0.4, -0.2) is 43.7 Å². The lowest BCUT2D eigenvalue weighted by atomic mass is 10.1. The molecule has 0 fully saturated rings. The number of hydrogen-bond donors (Lipinski definition) is 3. The topological polar surface area (TPSA) is 105 Å². The molecule has 0 spiro atoms. The smallest absolute Gasteiger partial charge is 0.337 e. The average molecular weight is 266 g/mol. The van der Waals surface area contributed by atoms with Crippen molar-refractivity contribution in [1.82, 2.24) is 5.32 Å². The molecule has 2 amide bonds. The number of aromatic carboxylic acids is 1. The molecule has 0 heterocycles. The second kappa shape index (κ2) is 6.50. The molecular formula is C12H14N2O5. The minimum atomic E-state index is -1.24. The Labute approximate surface area is 109 Å². The van der Waals surface area contributed by atoms with Crippen molar-refractivity contribution in [2.45, 2.75) is 0 Å². The zero-order valence-electron chi connectivity index (χ0n) is 10.5. The molecule has 0 aliphatic heterocycles. The Morgan fingerprint density at radius 1 is 1.26 bits per heavy atom. The second-order valence-corrected chi connectivity index (χ2v) is 3.59. The third-order valence-corrected chi connectivity index (χ3v) is 2.31. The van der Waals surface area contributed by atoms with Gasteiger partial charge in [0.1, 0.15) is 6.61 Å². The fraction of sp³-hybridized carbons (Fsp3) is 0.250. The van der Waals surface area contributed by atoms with Crippen LogP contribution in [0.15, 0.2) is 18.2 Å². The van der Waals surface area contributed by atoms with Gasteiger partial charge in [-0.3, -0.25) is 9.59 Å². The Bertz CT molecular complexity index is 513. The molecule has 0 saturated heterocycles. The first-order chi connectivity index (χ1) is 9.01. The Balaban J connectivity index is 3.25. The van der Waals surface area contributed by atoms with Crippen LogP contribution < -0.4 is 10.6 Å². The molecule has 7 nitrogen and oxygen atoms in total. The number of amides is 2. The molecule has 1 rings (SSSR count). The number of para-hydroxylation sites is 1. The number of carbonyl (C=O) groups excluding carboxylic acids is 2. The summed E-state index contributed by atoms with van der Waals surface area (Å²) >= 11 is 0. The summed E-state index contributed by atoms with van der Waals surface area (Å²) in [5.41, 5.74) is -0.131. The number of carboxylic acids is 1. The highest BCUT2D eigenvalue weighted by atomic mass is 16.5. The molecule has 3 N–H and O–H groups in total. The first kappa shape index (κ1) is 14.7. The fourth-order valence-electron chi connectivity index (χ4n) is 1.50. The van der Waals surface area contributed by atoms with Crippen LogP contribution in [0.5, 0.6) is 0 Å². The summed E-state index contributed by atoms with van der Waals surface area (Å²) in [6.45, 7) is -0.235. The standard InChI is InChI=1S/C12H14N2O5/c1-13-11(16)7-4-3-5-8(12(17)18)10(7)14-9(15)6-19-2/h3-5H,6H2,1-2H3,(H,13,16)(H,14,15)(H,17,18). The van der Waals surface area contributed by atoms with Gasteiger partial charge in [0.2, 0.25) is 5.91 Å². The van der Waals surface area contributed by atoms with Crippen LogP contribution in [0.1, 0.15) is 20.7 Å². The van der Waals surface area contributed by atoms with Gasteiger partial charge in [0, 0.05) is 14.2 Å². The van der Waals surface area contributed by atoms with E-state index in [1.54, 1.807) is 0 Å². The lowest BCUT2D eigenvalue weighted by Crippen LogP contribution is -2.25. The van der Waals surface area contributed by atoms with Crippen LogP contribution in [-0.2, 0) is 9.53 Å². The number of anilines is 1. The van der Waals surface area contributed by atoms with Gasteiger partial charge in [-0.2, -0.15) is 0 Å². The third kappa shape index (κ3) is 3.52. The Morgan fingerprint density at radius 2 is 1.89 bits per heavy atom. The number of carbonyl (C=O) groups is 3. The first-order valence-electron chi connectivity index (χ1n) is 5.38. The van der Waals surface area contributed by atoms with E-state index >= 15 is 0 Å². The zero-order valence-corrected chi connectivity index (χ0v) is 10.5. The van der Waals surface area contributed by atoms with Crippen LogP contribution in [0, 0.1) is 0 Å². The normalized spacial score (nSPS) is 9.79. The predicted molar refractivity (Wildman–Crippen MR) is 67.3 cm³/mol. The number of ether oxygens (including phenoxy) is 1. The molecule has 19 heavy (non-hydrogen) atoms. The number of carboxylic acid groups (broad SMARTS) is 1. The molecule has 0 aromatic heterocycles. The van der Waals surface area contributed by atoms with E-state index in [-0.39, 0.29) is 23.4 Å². The monoisotopic (exact) mass is 266 g/mol. The van der Waals surface area contributed by atoms with Gasteiger partial charge in [0.15, 0.2) is 0 Å². The number of nitrogens with one attached hydrogen (secondary N) is 2. The van der Waals surface area contributed by atoms with Gasteiger partial charge >= 0.3 is 5.97 Å². The van der Waals surface area contributed by atoms with Crippen molar-refractivity contribution >= 4 is 23.5 Å². The minimum Gasteiger partial charge on any atom is -0.478 e. The summed E-state index contributed by atoms with van der Waals surface area (Å²) in [4.78, 5) is 34.3. The van der Waals surface area contributed by atoms with Crippen LogP contribution >= 0.6 is 0 Å². The fourth-order valence-corrected chi connectivity index (χ4v) is 1.50. The van der Waals surface area contributed by atoms with E-state index in [4.69, 9.17) is 5.11 Å². The summed E-state index contributed by atoms with van der Waals surface area (Å²) in [5, 5.41) is 13.8. The molecule has 0 saturated carbocycles. The summed E-state index contributed by atoms with van der Waals surface area (Å²) < 4.78 is 4.64. The van der Waals surface area contributed by atoms with Gasteiger partial charge in [-0.05, 0) is 12.1 Å². The summed E-state index contributed by atoms with van der Waals surface area (Å²) in [5.74, 6) is -2.27. The minimum absolute atomic E-state index is 0.0450. The lowest BCUT2D eigenvalue weighted by Gasteiger charge is -2.12. The van der Waals surface area contributed by atoms with Gasteiger partial charge in [0.05, 0.1) is 16.8 Å². The van der Waals surface area contributed by atoms with Gasteiger partial charge in [-0.1, -0.05) is 6.07 Å². The van der Waals surface area contributed by atoms with Crippen LogP contribution in [0.3, 0.4) is 0 Å². The van der Waals surface area contributed by atoms with E-state index in [2.05, 4.69) is 15.4 Å². The van der Waals surface area contributed by atoms with E-state index in [1.165, 1.54) is 32.4 Å². The van der Waals surface area contributed by atoms with Gasteiger partial charge < -0.3 is 20.5 Å². The summed E-state index contributed by atoms with van der Waals surface area (Å²) in [6, 6.07) is 4.16. The van der Waals surface area contributed by atoms with Crippen molar-refractivity contribution in [2.24, 2.45) is 0 Å². The number of hydrogen-bond acceptors (Lipinski definition) is 4. The Morgan fingerprint density at radius 3 is 2.42 bits per heavy atom. The maximum atomic E-state index is 11.7. The highest BCUT2D eigenvalue weighted by Gasteiger charge is 2.19. The van der Waals surface area contributed by atoms with Crippen molar-refractivity contribution in [2.75, 3.05) is 26.1 Å². The molecule has 0 radical (unpaired) electrons. The van der Waals surface area contributed by atoms with Gasteiger partial charge in [0.25, 0.3) is 5.91 Å². The van der Waals surface area contributed by atoms with Crippen LogP contribution in [0.4, 0.5) is 5.69 Å². The number of benzene rings is 1. The van der Waals surface area contributed by atoms with Gasteiger partial charge in [-0.15, -0.1) is 0 Å². The largest absolute Gasteiger partial charge is 0.478 e. The molecule has 7 heteroatoms. The van der Waals surface area contributed by atoms with Crippen molar-refractivity contribution in [3.8, 4) is 0 Å². The predicted octanol–water partition coefficient (Wildman–Crippen LogP) is 0.329. The van der Waals surface area contributed by atoms with E-state index in [1.807, 2.05) is 0 Å². The Kier molecular flexibility index (Phi) is 5.01. The zero-order chi connectivity index (χ0) is 14.4. The van der Waals surface area contributed by atoms with E-state index in [0.717, 1.165) is 0 Å². The van der Waals surface area contributed by atoms with Crippen molar-refractivity contribution in [1.29, 1.82) is 0 Å². The van der Waals surface area contributed by atoms with Crippen LogP contribution in [0.25, 0.3) is 0 Å². The molecular weight excluding hydrogens is 252 g/mol. The first-order valence-corrected chi connectivity index (χ1v) is 5.38. The highest BCUT2D eigenvalue weighted by Crippen LogP contribution is 2.21. The van der Waals surface area contributed by atoms with Crippen molar-refractivity contribution < 1.29 is 24.2 Å². The highest BCUT2D eigenvalue weighted by molar-refractivity contribution is 6.09. The molecule has 0 unspecified atom stereocenters. The van der Waals surface area contributed by atoms with Crippen molar-refractivity contribution in [3.05, 3.63) is 29.3 Å². The molecule has 1 aromatic carbocycles. The summed E-state index contributed by atoms with van der Waals surface area (Å²) in [6.07, 6.45) is 0. The molecule has 0 atom stereocenters. The number of rotatable bonds is 5. The average Bonchev–Trinajstić information content (AvgIpc) is 2.38.